The zero-order valence-corrected chi connectivity index (χ0v) is 13.1. The molecular formula is C12H12BrClN4O2. The third-order valence-electron chi connectivity index (χ3n) is 2.40. The maximum Gasteiger partial charge on any atom is 0.267 e. The van der Waals surface area contributed by atoms with Crippen molar-refractivity contribution in [3.63, 3.8) is 0 Å². The predicted molar refractivity (Wildman–Crippen MR) is 79.0 cm³/mol. The van der Waals surface area contributed by atoms with Crippen LogP contribution in [0.4, 0.5) is 5.95 Å². The number of benzene rings is 1. The van der Waals surface area contributed by atoms with E-state index in [9.17, 15) is 4.79 Å². The van der Waals surface area contributed by atoms with Crippen LogP contribution < -0.4 is 10.1 Å². The molecule has 1 atom stereocenters. The summed E-state index contributed by atoms with van der Waals surface area (Å²) in [5.74, 6) is 1.03. The van der Waals surface area contributed by atoms with Crippen LogP contribution in [0.2, 0.25) is 5.02 Å². The number of carbonyl (C=O) groups is 1. The summed E-state index contributed by atoms with van der Waals surface area (Å²) < 4.78 is 6.24. The SMILES string of the molecule is Cc1nc(NC(=O)C(C)Oc2ccc(Cl)cc2Br)n[nH]1. The summed E-state index contributed by atoms with van der Waals surface area (Å²) in [5, 5.41) is 9.60. The van der Waals surface area contributed by atoms with Crippen LogP contribution in [0.3, 0.4) is 0 Å². The fourth-order valence-electron chi connectivity index (χ4n) is 1.43. The largest absolute Gasteiger partial charge is 0.480 e. The summed E-state index contributed by atoms with van der Waals surface area (Å²) in [7, 11) is 0. The van der Waals surface area contributed by atoms with Crippen LogP contribution in [-0.4, -0.2) is 27.2 Å². The molecule has 1 aromatic carbocycles. The number of ether oxygens (including phenoxy) is 1. The molecule has 6 nitrogen and oxygen atoms in total. The number of hydrogen-bond acceptors (Lipinski definition) is 4. The second-order valence-electron chi connectivity index (χ2n) is 4.07. The smallest absolute Gasteiger partial charge is 0.267 e. The molecule has 1 amide bonds. The molecule has 2 N–H and O–H groups in total. The lowest BCUT2D eigenvalue weighted by atomic mass is 10.3. The lowest BCUT2D eigenvalue weighted by molar-refractivity contribution is -0.122. The van der Waals surface area contributed by atoms with Gasteiger partial charge in [-0.1, -0.05) is 11.6 Å². The molecule has 0 radical (unpaired) electrons. The molecule has 0 saturated carbocycles. The zero-order valence-electron chi connectivity index (χ0n) is 10.8. The molecule has 0 bridgehead atoms. The molecule has 20 heavy (non-hydrogen) atoms. The highest BCUT2D eigenvalue weighted by Crippen LogP contribution is 2.28. The van der Waals surface area contributed by atoms with Crippen molar-refractivity contribution in [2.24, 2.45) is 0 Å². The Balaban J connectivity index is 2.00. The molecule has 0 fully saturated rings. The first kappa shape index (κ1) is 14.8. The van der Waals surface area contributed by atoms with E-state index in [4.69, 9.17) is 16.3 Å². The third kappa shape index (κ3) is 3.71. The Kier molecular flexibility index (Phi) is 4.61. The zero-order chi connectivity index (χ0) is 14.7. The summed E-state index contributed by atoms with van der Waals surface area (Å²) >= 11 is 9.16. The highest BCUT2D eigenvalue weighted by molar-refractivity contribution is 9.10. The predicted octanol–water partition coefficient (Wildman–Crippen LogP) is 2.94. The molecule has 0 aliphatic rings. The van der Waals surface area contributed by atoms with E-state index in [1.165, 1.54) is 0 Å². The summed E-state index contributed by atoms with van der Waals surface area (Å²) in [4.78, 5) is 15.9. The molecule has 1 unspecified atom stereocenters. The average Bonchev–Trinajstić information content (AvgIpc) is 2.78. The second kappa shape index (κ2) is 6.23. The summed E-state index contributed by atoms with van der Waals surface area (Å²) in [6.07, 6.45) is -0.703. The monoisotopic (exact) mass is 358 g/mol. The van der Waals surface area contributed by atoms with E-state index in [0.29, 0.717) is 21.1 Å². The normalized spacial score (nSPS) is 12.0. The number of aromatic nitrogens is 3. The van der Waals surface area contributed by atoms with Gasteiger partial charge in [-0.25, -0.2) is 0 Å². The van der Waals surface area contributed by atoms with Crippen LogP contribution >= 0.6 is 27.5 Å². The Morgan fingerprint density at radius 3 is 2.90 bits per heavy atom. The van der Waals surface area contributed by atoms with Crippen molar-refractivity contribution in [2.45, 2.75) is 20.0 Å². The van der Waals surface area contributed by atoms with Crippen molar-refractivity contribution in [2.75, 3.05) is 5.32 Å². The van der Waals surface area contributed by atoms with Gasteiger partial charge in [0.05, 0.1) is 4.47 Å². The van der Waals surface area contributed by atoms with E-state index >= 15 is 0 Å². The van der Waals surface area contributed by atoms with Gasteiger partial charge in [0.2, 0.25) is 5.95 Å². The fourth-order valence-corrected chi connectivity index (χ4v) is 2.20. The molecule has 106 valence electrons. The van der Waals surface area contributed by atoms with Gasteiger partial charge in [0.25, 0.3) is 5.91 Å². The Morgan fingerprint density at radius 2 is 2.30 bits per heavy atom. The first-order valence-electron chi connectivity index (χ1n) is 5.77. The van der Waals surface area contributed by atoms with Crippen LogP contribution in [0.15, 0.2) is 22.7 Å². The van der Waals surface area contributed by atoms with Crippen LogP contribution in [0.25, 0.3) is 0 Å². The van der Waals surface area contributed by atoms with Crippen LogP contribution in [0.1, 0.15) is 12.7 Å². The molecule has 1 heterocycles. The van der Waals surface area contributed by atoms with Gasteiger partial charge >= 0.3 is 0 Å². The van der Waals surface area contributed by atoms with E-state index in [2.05, 4.69) is 36.4 Å². The molecule has 8 heteroatoms. The molecule has 0 spiro atoms. The molecular weight excluding hydrogens is 348 g/mol. The number of anilines is 1. The number of halogens is 2. The number of nitrogens with one attached hydrogen (secondary N) is 2. The van der Waals surface area contributed by atoms with Crippen molar-refractivity contribution < 1.29 is 9.53 Å². The number of aryl methyl sites for hydroxylation is 1. The van der Waals surface area contributed by atoms with Crippen molar-refractivity contribution >= 4 is 39.4 Å². The molecule has 0 aliphatic heterocycles. The number of hydrogen-bond donors (Lipinski definition) is 2. The van der Waals surface area contributed by atoms with E-state index in [1.54, 1.807) is 32.0 Å². The maximum atomic E-state index is 11.9. The Morgan fingerprint density at radius 1 is 1.55 bits per heavy atom. The number of rotatable bonds is 4. The number of amides is 1. The average molecular weight is 360 g/mol. The Bertz CT molecular complexity index is 632. The van der Waals surface area contributed by atoms with Gasteiger partial charge < -0.3 is 4.74 Å². The van der Waals surface area contributed by atoms with Gasteiger partial charge in [-0.15, -0.1) is 5.10 Å². The van der Waals surface area contributed by atoms with E-state index in [-0.39, 0.29) is 11.9 Å². The van der Waals surface area contributed by atoms with Gasteiger partial charge in [0.15, 0.2) is 6.10 Å². The van der Waals surface area contributed by atoms with E-state index < -0.39 is 6.10 Å². The van der Waals surface area contributed by atoms with Gasteiger partial charge in [-0.2, -0.15) is 4.98 Å². The Labute approximate surface area is 129 Å². The minimum Gasteiger partial charge on any atom is -0.480 e. The number of nitrogens with zero attached hydrogens (tertiary/aromatic N) is 2. The van der Waals surface area contributed by atoms with Gasteiger partial charge in [0.1, 0.15) is 11.6 Å². The lowest BCUT2D eigenvalue weighted by Crippen LogP contribution is -2.30. The van der Waals surface area contributed by atoms with Crippen molar-refractivity contribution in [1.82, 2.24) is 15.2 Å². The van der Waals surface area contributed by atoms with Crippen LogP contribution in [-0.2, 0) is 4.79 Å². The van der Waals surface area contributed by atoms with Gasteiger partial charge in [0, 0.05) is 5.02 Å². The topological polar surface area (TPSA) is 79.9 Å². The lowest BCUT2D eigenvalue weighted by Gasteiger charge is -2.14. The third-order valence-corrected chi connectivity index (χ3v) is 3.25. The first-order chi connectivity index (χ1) is 9.45. The van der Waals surface area contributed by atoms with Crippen molar-refractivity contribution in [3.8, 4) is 5.75 Å². The molecule has 0 aliphatic carbocycles. The minimum absolute atomic E-state index is 0.220. The number of H-pyrrole nitrogens is 1. The van der Waals surface area contributed by atoms with E-state index in [0.717, 1.165) is 0 Å². The molecule has 2 aromatic rings. The fraction of sp³-hybridized carbons (Fsp3) is 0.250. The standard InChI is InChI=1S/C12H12BrClN4O2/c1-6(11(19)16-12-15-7(2)17-18-12)20-10-4-3-8(14)5-9(10)13/h3-6H,1-2H3,(H2,15,16,17,18,19). The Hall–Kier alpha value is -1.60. The highest BCUT2D eigenvalue weighted by Gasteiger charge is 2.17. The summed E-state index contributed by atoms with van der Waals surface area (Å²) in [5.41, 5.74) is 0. The number of carbonyl (C=O) groups excluding carboxylic acids is 1. The molecule has 1 aromatic heterocycles. The second-order valence-corrected chi connectivity index (χ2v) is 5.36. The van der Waals surface area contributed by atoms with Crippen LogP contribution in [0, 0.1) is 6.92 Å². The first-order valence-corrected chi connectivity index (χ1v) is 6.94. The highest BCUT2D eigenvalue weighted by atomic mass is 79.9. The van der Waals surface area contributed by atoms with Crippen molar-refractivity contribution in [3.05, 3.63) is 33.5 Å². The van der Waals surface area contributed by atoms with E-state index in [1.807, 2.05) is 0 Å². The number of aromatic amines is 1. The van der Waals surface area contributed by atoms with Crippen molar-refractivity contribution in [1.29, 1.82) is 0 Å². The van der Waals surface area contributed by atoms with Crippen LogP contribution in [0.5, 0.6) is 5.75 Å². The summed E-state index contributed by atoms with van der Waals surface area (Å²) in [6.45, 7) is 3.38. The van der Waals surface area contributed by atoms with Gasteiger partial charge in [-0.3, -0.25) is 15.2 Å². The molecule has 2 rings (SSSR count). The summed E-state index contributed by atoms with van der Waals surface area (Å²) in [6, 6.07) is 5.07. The quantitative estimate of drug-likeness (QED) is 0.879. The van der Waals surface area contributed by atoms with Gasteiger partial charge in [-0.05, 0) is 48.0 Å². The minimum atomic E-state index is -0.703. The maximum absolute atomic E-state index is 11.9. The molecule has 0 saturated heterocycles.